The second kappa shape index (κ2) is 5.65. The number of hydrogen-bond acceptors (Lipinski definition) is 5. The van der Waals surface area contributed by atoms with E-state index in [2.05, 4.69) is 15.3 Å². The van der Waals surface area contributed by atoms with E-state index in [1.807, 2.05) is 32.0 Å². The van der Waals surface area contributed by atoms with Crippen molar-refractivity contribution in [3.63, 3.8) is 0 Å². The van der Waals surface area contributed by atoms with Crippen LogP contribution in [0.15, 0.2) is 6.07 Å². The van der Waals surface area contributed by atoms with Crippen LogP contribution < -0.4 is 10.2 Å². The lowest BCUT2D eigenvalue weighted by Gasteiger charge is -2.20. The summed E-state index contributed by atoms with van der Waals surface area (Å²) in [6, 6.07) is 1.88. The van der Waals surface area contributed by atoms with Gasteiger partial charge in [0, 0.05) is 33.1 Å². The molecule has 16 heavy (non-hydrogen) atoms. The van der Waals surface area contributed by atoms with Gasteiger partial charge in [0.15, 0.2) is 0 Å². The van der Waals surface area contributed by atoms with Crippen molar-refractivity contribution in [3.8, 4) is 0 Å². The van der Waals surface area contributed by atoms with Crippen molar-refractivity contribution < 1.29 is 5.11 Å². The van der Waals surface area contributed by atoms with Crippen LogP contribution >= 0.6 is 0 Å². The summed E-state index contributed by atoms with van der Waals surface area (Å²) < 4.78 is 0. The zero-order chi connectivity index (χ0) is 12.1. The lowest BCUT2D eigenvalue weighted by molar-refractivity contribution is 0.201. The third-order valence-corrected chi connectivity index (χ3v) is 2.26. The number of nitrogens with zero attached hydrogens (tertiary/aromatic N) is 3. The Labute approximate surface area is 96.5 Å². The maximum Gasteiger partial charge on any atom is 0.134 e. The zero-order valence-electron chi connectivity index (χ0n) is 10.4. The minimum atomic E-state index is -0.372. The van der Waals surface area contributed by atoms with Gasteiger partial charge < -0.3 is 15.3 Å². The minimum Gasteiger partial charge on any atom is -0.392 e. The smallest absolute Gasteiger partial charge is 0.134 e. The highest BCUT2D eigenvalue weighted by Gasteiger charge is 2.08. The molecule has 1 heterocycles. The molecule has 1 unspecified atom stereocenters. The van der Waals surface area contributed by atoms with Gasteiger partial charge in [0.25, 0.3) is 0 Å². The first kappa shape index (κ1) is 12.7. The molecule has 90 valence electrons. The van der Waals surface area contributed by atoms with E-state index in [1.54, 1.807) is 6.92 Å². The van der Waals surface area contributed by atoms with Gasteiger partial charge in [0.05, 0.1) is 6.10 Å². The van der Waals surface area contributed by atoms with Gasteiger partial charge in [-0.2, -0.15) is 0 Å². The fourth-order valence-electron chi connectivity index (χ4n) is 1.45. The van der Waals surface area contributed by atoms with Gasteiger partial charge in [-0.15, -0.1) is 0 Å². The van der Waals surface area contributed by atoms with Crippen LogP contribution in [0, 0.1) is 0 Å². The molecule has 0 saturated heterocycles. The van der Waals surface area contributed by atoms with E-state index in [1.165, 1.54) is 0 Å². The Bertz CT molecular complexity index is 319. The van der Waals surface area contributed by atoms with Gasteiger partial charge in [-0.05, 0) is 6.92 Å². The Kier molecular flexibility index (Phi) is 4.49. The molecule has 5 nitrogen and oxygen atoms in total. The maximum absolute atomic E-state index is 9.34. The Morgan fingerprint density at radius 1 is 1.50 bits per heavy atom. The molecule has 0 bridgehead atoms. The van der Waals surface area contributed by atoms with E-state index in [-0.39, 0.29) is 6.10 Å². The van der Waals surface area contributed by atoms with Crippen LogP contribution in [-0.2, 0) is 6.42 Å². The van der Waals surface area contributed by atoms with Gasteiger partial charge in [-0.3, -0.25) is 0 Å². The van der Waals surface area contributed by atoms with Crippen LogP contribution in [0.5, 0.6) is 0 Å². The van der Waals surface area contributed by atoms with Crippen LogP contribution in [0.2, 0.25) is 0 Å². The maximum atomic E-state index is 9.34. The summed E-state index contributed by atoms with van der Waals surface area (Å²) in [6.45, 7) is 4.34. The number of nitrogens with one attached hydrogen (secondary N) is 1. The van der Waals surface area contributed by atoms with Crippen molar-refractivity contribution >= 4 is 11.6 Å². The Morgan fingerprint density at radius 3 is 2.69 bits per heavy atom. The molecule has 5 heteroatoms. The largest absolute Gasteiger partial charge is 0.392 e. The molecule has 0 spiro atoms. The highest BCUT2D eigenvalue weighted by molar-refractivity contribution is 5.48. The predicted octanol–water partition coefficient (Wildman–Crippen LogP) is 0.898. The van der Waals surface area contributed by atoms with E-state index in [0.29, 0.717) is 6.54 Å². The highest BCUT2D eigenvalue weighted by Crippen LogP contribution is 2.15. The molecule has 0 amide bonds. The molecule has 0 aliphatic rings. The van der Waals surface area contributed by atoms with Crippen molar-refractivity contribution in [2.45, 2.75) is 26.4 Å². The lowest BCUT2D eigenvalue weighted by Crippen LogP contribution is -2.28. The number of anilines is 2. The quantitative estimate of drug-likeness (QED) is 0.778. The third-order valence-electron chi connectivity index (χ3n) is 2.26. The van der Waals surface area contributed by atoms with Gasteiger partial charge in [0.1, 0.15) is 17.5 Å². The molecule has 0 aliphatic heterocycles. The SMILES string of the molecule is CCc1nc(NC)cc(N(C)CC(C)O)n1. The molecule has 1 aromatic heterocycles. The number of aliphatic hydroxyl groups is 1. The minimum absolute atomic E-state index is 0.372. The molecule has 2 N–H and O–H groups in total. The van der Waals surface area contributed by atoms with Crippen LogP contribution in [0.3, 0.4) is 0 Å². The molecule has 0 aromatic carbocycles. The molecule has 1 aromatic rings. The monoisotopic (exact) mass is 224 g/mol. The number of aliphatic hydroxyl groups excluding tert-OH is 1. The summed E-state index contributed by atoms with van der Waals surface area (Å²) >= 11 is 0. The van der Waals surface area contributed by atoms with Gasteiger partial charge in [0.2, 0.25) is 0 Å². The van der Waals surface area contributed by atoms with Crippen LogP contribution in [0.4, 0.5) is 11.6 Å². The normalized spacial score (nSPS) is 12.3. The van der Waals surface area contributed by atoms with Crippen molar-refractivity contribution in [3.05, 3.63) is 11.9 Å². The summed E-state index contributed by atoms with van der Waals surface area (Å²) in [5, 5.41) is 12.3. The molecule has 0 radical (unpaired) electrons. The molecular formula is C11H20N4O. The topological polar surface area (TPSA) is 61.3 Å². The predicted molar refractivity (Wildman–Crippen MR) is 65.9 cm³/mol. The van der Waals surface area contributed by atoms with E-state index in [0.717, 1.165) is 23.9 Å². The Balaban J connectivity index is 2.93. The summed E-state index contributed by atoms with van der Waals surface area (Å²) in [7, 11) is 3.74. The fraction of sp³-hybridized carbons (Fsp3) is 0.636. The van der Waals surface area contributed by atoms with E-state index in [4.69, 9.17) is 0 Å². The van der Waals surface area contributed by atoms with Crippen molar-refractivity contribution in [1.82, 2.24) is 9.97 Å². The molecule has 1 atom stereocenters. The van der Waals surface area contributed by atoms with E-state index in [9.17, 15) is 5.11 Å². The van der Waals surface area contributed by atoms with Gasteiger partial charge in [-0.25, -0.2) is 9.97 Å². The van der Waals surface area contributed by atoms with Crippen LogP contribution in [0.25, 0.3) is 0 Å². The van der Waals surface area contributed by atoms with Crippen molar-refractivity contribution in [2.75, 3.05) is 30.9 Å². The molecule has 0 saturated carbocycles. The summed E-state index contributed by atoms with van der Waals surface area (Å²) in [6.07, 6.45) is 0.425. The Hall–Kier alpha value is -1.36. The first-order valence-electron chi connectivity index (χ1n) is 5.51. The van der Waals surface area contributed by atoms with E-state index >= 15 is 0 Å². The second-order valence-electron chi connectivity index (χ2n) is 3.86. The highest BCUT2D eigenvalue weighted by atomic mass is 16.3. The number of aryl methyl sites for hydroxylation is 1. The molecule has 0 fully saturated rings. The molecule has 1 rings (SSSR count). The zero-order valence-corrected chi connectivity index (χ0v) is 10.4. The average Bonchev–Trinajstić information content (AvgIpc) is 2.27. The summed E-state index contributed by atoms with van der Waals surface area (Å²) in [5.74, 6) is 2.44. The fourth-order valence-corrected chi connectivity index (χ4v) is 1.45. The van der Waals surface area contributed by atoms with Crippen molar-refractivity contribution in [1.29, 1.82) is 0 Å². The van der Waals surface area contributed by atoms with E-state index < -0.39 is 0 Å². The van der Waals surface area contributed by atoms with Gasteiger partial charge in [-0.1, -0.05) is 6.92 Å². The van der Waals surface area contributed by atoms with Gasteiger partial charge >= 0.3 is 0 Å². The summed E-state index contributed by atoms with van der Waals surface area (Å²) in [4.78, 5) is 10.7. The first-order valence-corrected chi connectivity index (χ1v) is 5.51. The van der Waals surface area contributed by atoms with Crippen molar-refractivity contribution in [2.24, 2.45) is 0 Å². The molecule has 0 aliphatic carbocycles. The Morgan fingerprint density at radius 2 is 2.19 bits per heavy atom. The number of rotatable bonds is 5. The first-order chi connectivity index (χ1) is 7.56. The van der Waals surface area contributed by atoms with Crippen LogP contribution in [-0.4, -0.2) is 41.8 Å². The van der Waals surface area contributed by atoms with Crippen LogP contribution in [0.1, 0.15) is 19.7 Å². The number of aromatic nitrogens is 2. The summed E-state index contributed by atoms with van der Waals surface area (Å²) in [5.41, 5.74) is 0. The second-order valence-corrected chi connectivity index (χ2v) is 3.86. The number of hydrogen-bond donors (Lipinski definition) is 2. The molecular weight excluding hydrogens is 204 g/mol. The average molecular weight is 224 g/mol. The lowest BCUT2D eigenvalue weighted by atomic mass is 10.3. The standard InChI is InChI=1S/C11H20N4O/c1-5-9-13-10(12-3)6-11(14-9)15(4)7-8(2)16/h6,8,16H,5,7H2,1-4H3,(H,12,13,14). The number of likely N-dealkylation sites (N-methyl/N-ethyl adjacent to an activating group) is 1. The third kappa shape index (κ3) is 3.34.